The topological polar surface area (TPSA) is 55.3 Å². The van der Waals surface area contributed by atoms with E-state index in [-0.39, 0.29) is 24.0 Å². The number of hydrogen-bond donors (Lipinski definition) is 1. The number of hydrogen-bond acceptors (Lipinski definition) is 4. The number of benzene rings is 2. The fraction of sp³-hybridized carbons (Fsp3) is 0.500. The molecule has 33 heavy (non-hydrogen) atoms. The van der Waals surface area contributed by atoms with E-state index in [1.165, 1.54) is 11.1 Å². The van der Waals surface area contributed by atoms with Crippen molar-refractivity contribution in [3.8, 4) is 11.5 Å². The summed E-state index contributed by atoms with van der Waals surface area (Å²) in [6, 6.07) is 16.5. The van der Waals surface area contributed by atoms with Crippen LogP contribution in [-0.4, -0.2) is 57.9 Å². The molecule has 1 unspecified atom stereocenters. The van der Waals surface area contributed by atoms with Gasteiger partial charge in [-0.15, -0.1) is 24.0 Å². The highest BCUT2D eigenvalue weighted by atomic mass is 127. The average Bonchev–Trinajstić information content (AvgIpc) is 3.29. The van der Waals surface area contributed by atoms with Crippen molar-refractivity contribution in [1.82, 2.24) is 10.2 Å². The summed E-state index contributed by atoms with van der Waals surface area (Å²) in [6.45, 7) is 6.99. The van der Waals surface area contributed by atoms with Crippen molar-refractivity contribution in [2.45, 2.75) is 32.8 Å². The summed E-state index contributed by atoms with van der Waals surface area (Å²) in [4.78, 5) is 6.84. The predicted molar refractivity (Wildman–Crippen MR) is 145 cm³/mol. The summed E-state index contributed by atoms with van der Waals surface area (Å²) in [5.74, 6) is 3.13. The smallest absolute Gasteiger partial charge is 0.193 e. The van der Waals surface area contributed by atoms with Crippen LogP contribution in [0.15, 0.2) is 53.5 Å². The van der Waals surface area contributed by atoms with Gasteiger partial charge in [0.1, 0.15) is 0 Å². The Morgan fingerprint density at radius 3 is 2.67 bits per heavy atom. The third-order valence-corrected chi connectivity index (χ3v) is 5.72. The van der Waals surface area contributed by atoms with Gasteiger partial charge >= 0.3 is 0 Å². The van der Waals surface area contributed by atoms with E-state index in [0.717, 1.165) is 63.0 Å². The molecule has 7 heteroatoms. The molecule has 2 aromatic rings. The lowest BCUT2D eigenvalue weighted by Gasteiger charge is -2.22. The van der Waals surface area contributed by atoms with Crippen molar-refractivity contribution in [3.63, 3.8) is 0 Å². The maximum atomic E-state index is 5.95. The number of rotatable bonds is 11. The van der Waals surface area contributed by atoms with Gasteiger partial charge in [-0.05, 0) is 49.4 Å². The summed E-state index contributed by atoms with van der Waals surface area (Å²) in [6.07, 6.45) is 3.14. The molecule has 1 fully saturated rings. The Kier molecular flexibility index (Phi) is 12.4. The minimum absolute atomic E-state index is 0. The fourth-order valence-corrected chi connectivity index (χ4v) is 4.05. The number of guanidine groups is 1. The van der Waals surface area contributed by atoms with Gasteiger partial charge in [0.25, 0.3) is 0 Å². The summed E-state index contributed by atoms with van der Waals surface area (Å²) in [7, 11) is 3.53. The Morgan fingerprint density at radius 1 is 1.12 bits per heavy atom. The number of ether oxygens (including phenoxy) is 3. The Balaban J connectivity index is 0.00000385. The van der Waals surface area contributed by atoms with E-state index in [4.69, 9.17) is 14.2 Å². The molecule has 0 saturated carbocycles. The van der Waals surface area contributed by atoms with Crippen LogP contribution in [0.5, 0.6) is 11.5 Å². The van der Waals surface area contributed by atoms with Crippen LogP contribution in [0.1, 0.15) is 30.9 Å². The van der Waals surface area contributed by atoms with Crippen molar-refractivity contribution in [2.24, 2.45) is 10.9 Å². The van der Waals surface area contributed by atoms with E-state index >= 15 is 0 Å². The number of halogens is 1. The molecule has 0 aromatic heterocycles. The Labute approximate surface area is 215 Å². The van der Waals surface area contributed by atoms with E-state index in [1.54, 1.807) is 7.11 Å². The monoisotopic (exact) mass is 567 g/mol. The van der Waals surface area contributed by atoms with E-state index in [1.807, 2.05) is 26.1 Å². The SMILES string of the molecule is CCOc1cc(CCCNC(=NC)N2CCC(COCc3ccccc3)C2)ccc1OC.I. The van der Waals surface area contributed by atoms with Crippen LogP contribution < -0.4 is 14.8 Å². The molecule has 1 aliphatic heterocycles. The molecule has 182 valence electrons. The van der Waals surface area contributed by atoms with Crippen molar-refractivity contribution in [3.05, 3.63) is 59.7 Å². The third kappa shape index (κ3) is 8.70. The lowest BCUT2D eigenvalue weighted by Crippen LogP contribution is -2.40. The molecule has 0 spiro atoms. The van der Waals surface area contributed by atoms with Gasteiger partial charge in [-0.2, -0.15) is 0 Å². The van der Waals surface area contributed by atoms with Gasteiger partial charge in [0.05, 0.1) is 26.9 Å². The first kappa shape index (κ1) is 27.2. The Morgan fingerprint density at radius 2 is 1.94 bits per heavy atom. The zero-order chi connectivity index (χ0) is 22.6. The van der Waals surface area contributed by atoms with Gasteiger partial charge in [0.2, 0.25) is 0 Å². The number of aliphatic imine (C=N–C) groups is 1. The largest absolute Gasteiger partial charge is 0.493 e. The van der Waals surface area contributed by atoms with E-state index in [0.29, 0.717) is 19.1 Å². The van der Waals surface area contributed by atoms with Gasteiger partial charge in [-0.3, -0.25) is 4.99 Å². The zero-order valence-corrected chi connectivity index (χ0v) is 22.4. The van der Waals surface area contributed by atoms with Gasteiger partial charge in [0.15, 0.2) is 17.5 Å². The second-order valence-electron chi connectivity index (χ2n) is 8.10. The quantitative estimate of drug-likeness (QED) is 0.184. The molecule has 1 aliphatic rings. The maximum Gasteiger partial charge on any atom is 0.193 e. The van der Waals surface area contributed by atoms with Crippen LogP contribution in [-0.2, 0) is 17.8 Å². The number of nitrogens with one attached hydrogen (secondary N) is 1. The molecule has 1 saturated heterocycles. The van der Waals surface area contributed by atoms with Crippen LogP contribution in [0.25, 0.3) is 0 Å². The fourth-order valence-electron chi connectivity index (χ4n) is 4.05. The van der Waals surface area contributed by atoms with Crippen LogP contribution in [0.4, 0.5) is 0 Å². The molecule has 0 radical (unpaired) electrons. The predicted octanol–water partition coefficient (Wildman–Crippen LogP) is 4.76. The van der Waals surface area contributed by atoms with Crippen LogP contribution in [0.3, 0.4) is 0 Å². The van der Waals surface area contributed by atoms with Crippen molar-refractivity contribution in [1.29, 1.82) is 0 Å². The summed E-state index contributed by atoms with van der Waals surface area (Å²) in [5, 5.41) is 3.53. The molecule has 1 heterocycles. The molecule has 6 nitrogen and oxygen atoms in total. The Bertz CT molecular complexity index is 848. The Hall–Kier alpha value is -2.00. The van der Waals surface area contributed by atoms with E-state index < -0.39 is 0 Å². The average molecular weight is 568 g/mol. The van der Waals surface area contributed by atoms with Gasteiger partial charge in [-0.1, -0.05) is 36.4 Å². The normalized spacial score (nSPS) is 15.8. The highest BCUT2D eigenvalue weighted by molar-refractivity contribution is 14.0. The molecule has 0 aliphatic carbocycles. The lowest BCUT2D eigenvalue weighted by molar-refractivity contribution is 0.0907. The summed E-state index contributed by atoms with van der Waals surface area (Å²) < 4.78 is 17.0. The third-order valence-electron chi connectivity index (χ3n) is 5.72. The van der Waals surface area contributed by atoms with Crippen molar-refractivity contribution in [2.75, 3.05) is 47.0 Å². The standard InChI is InChI=1S/C26H37N3O3.HI/c1-4-32-25-17-21(12-13-24(25)30-3)11-8-15-28-26(27-2)29-16-14-23(18-29)20-31-19-22-9-6-5-7-10-22;/h5-7,9-10,12-13,17,23H,4,8,11,14-16,18-20H2,1-3H3,(H,27,28);1H. The number of likely N-dealkylation sites (tertiary alicyclic amines) is 1. The molecule has 1 atom stereocenters. The van der Waals surface area contributed by atoms with Crippen LogP contribution >= 0.6 is 24.0 Å². The second-order valence-corrected chi connectivity index (χ2v) is 8.10. The maximum absolute atomic E-state index is 5.95. The van der Waals surface area contributed by atoms with Crippen LogP contribution in [0, 0.1) is 5.92 Å². The highest BCUT2D eigenvalue weighted by Crippen LogP contribution is 2.28. The molecule has 0 bridgehead atoms. The highest BCUT2D eigenvalue weighted by Gasteiger charge is 2.24. The molecular weight excluding hydrogens is 529 g/mol. The zero-order valence-electron chi connectivity index (χ0n) is 20.1. The van der Waals surface area contributed by atoms with E-state index in [2.05, 4.69) is 51.6 Å². The van der Waals surface area contributed by atoms with Gasteiger partial charge in [0, 0.05) is 32.6 Å². The first-order chi connectivity index (χ1) is 15.7. The molecule has 1 N–H and O–H groups in total. The number of aryl methyl sites for hydroxylation is 1. The first-order valence-corrected chi connectivity index (χ1v) is 11.6. The molecule has 3 rings (SSSR count). The van der Waals surface area contributed by atoms with Gasteiger partial charge < -0.3 is 24.4 Å². The van der Waals surface area contributed by atoms with Crippen molar-refractivity contribution >= 4 is 29.9 Å². The van der Waals surface area contributed by atoms with Crippen molar-refractivity contribution < 1.29 is 14.2 Å². The lowest BCUT2D eigenvalue weighted by atomic mass is 10.1. The first-order valence-electron chi connectivity index (χ1n) is 11.6. The second kappa shape index (κ2) is 15.0. The number of nitrogens with zero attached hydrogens (tertiary/aromatic N) is 2. The molecular formula is C26H38IN3O3. The summed E-state index contributed by atoms with van der Waals surface area (Å²) in [5.41, 5.74) is 2.48. The summed E-state index contributed by atoms with van der Waals surface area (Å²) >= 11 is 0. The molecule has 2 aromatic carbocycles. The number of methoxy groups -OCH3 is 1. The minimum atomic E-state index is 0. The van der Waals surface area contributed by atoms with E-state index in [9.17, 15) is 0 Å². The minimum Gasteiger partial charge on any atom is -0.493 e. The molecule has 0 amide bonds. The van der Waals surface area contributed by atoms with Gasteiger partial charge in [-0.25, -0.2) is 0 Å². The van der Waals surface area contributed by atoms with Crippen LogP contribution in [0.2, 0.25) is 0 Å².